The summed E-state index contributed by atoms with van der Waals surface area (Å²) in [5, 5.41) is 9.66. The van der Waals surface area contributed by atoms with Crippen LogP contribution in [0, 0.1) is 5.92 Å². The van der Waals surface area contributed by atoms with E-state index in [0.717, 1.165) is 25.7 Å². The maximum absolute atomic E-state index is 12.2. The van der Waals surface area contributed by atoms with Crippen molar-refractivity contribution in [3.8, 4) is 0 Å². The van der Waals surface area contributed by atoms with E-state index in [-0.39, 0.29) is 18.8 Å². The molecule has 0 radical (unpaired) electrons. The summed E-state index contributed by atoms with van der Waals surface area (Å²) < 4.78 is 0. The first kappa shape index (κ1) is 21.6. The van der Waals surface area contributed by atoms with Gasteiger partial charge in [-0.2, -0.15) is 4.89 Å². The highest BCUT2D eigenvalue weighted by atomic mass is 17.3. The Hall–Kier alpha value is -1.47. The van der Waals surface area contributed by atoms with Gasteiger partial charge in [0.05, 0.1) is 0 Å². The maximum atomic E-state index is 12.2. The van der Waals surface area contributed by atoms with Crippen molar-refractivity contribution in [1.29, 1.82) is 0 Å². The molecule has 0 aliphatic carbocycles. The van der Waals surface area contributed by atoms with Gasteiger partial charge < -0.3 is 5.11 Å². The molecule has 1 rings (SSSR count). The number of carboxylic acid groups (broad SMARTS) is 1. The smallest absolute Gasteiger partial charge is 0.336 e. The lowest BCUT2D eigenvalue weighted by atomic mass is 9.99. The predicted octanol–water partition coefficient (Wildman–Crippen LogP) is 3.62. The Morgan fingerprint density at radius 3 is 2.40 bits per heavy atom. The van der Waals surface area contributed by atoms with Crippen LogP contribution in [-0.4, -0.2) is 34.1 Å². The fraction of sp³-hybridized carbons (Fsp3) is 0.833. The van der Waals surface area contributed by atoms with E-state index in [0.29, 0.717) is 17.9 Å². The zero-order valence-electron chi connectivity index (χ0n) is 15.4. The van der Waals surface area contributed by atoms with Crippen LogP contribution in [0.4, 0.5) is 0 Å². The molecule has 144 valence electrons. The van der Waals surface area contributed by atoms with Gasteiger partial charge in [-0.25, -0.2) is 4.79 Å². The second-order valence-corrected chi connectivity index (χ2v) is 6.62. The van der Waals surface area contributed by atoms with Gasteiger partial charge in [-0.15, -0.1) is 10.1 Å². The van der Waals surface area contributed by atoms with Gasteiger partial charge in [0.2, 0.25) is 0 Å². The van der Waals surface area contributed by atoms with Crippen LogP contribution in [0.25, 0.3) is 0 Å². The zero-order chi connectivity index (χ0) is 18.7. The third-order valence-electron chi connectivity index (χ3n) is 4.43. The van der Waals surface area contributed by atoms with Gasteiger partial charge in [-0.3, -0.25) is 9.59 Å². The van der Waals surface area contributed by atoms with Crippen LogP contribution in [0.3, 0.4) is 0 Å². The highest BCUT2D eigenvalue weighted by Crippen LogP contribution is 2.26. The van der Waals surface area contributed by atoms with E-state index in [4.69, 9.17) is 15.0 Å². The van der Waals surface area contributed by atoms with Crippen LogP contribution in [0.5, 0.6) is 0 Å². The Morgan fingerprint density at radius 1 is 1.12 bits per heavy atom. The molecular formula is C18H31NO6. The first-order chi connectivity index (χ1) is 12.0. The SMILES string of the molecule is CCCCCCCCC1CC(=O)N(OOC(CCCC)C(=O)O)C1=O. The monoisotopic (exact) mass is 357 g/mol. The summed E-state index contributed by atoms with van der Waals surface area (Å²) in [7, 11) is 0. The van der Waals surface area contributed by atoms with E-state index in [1.165, 1.54) is 19.3 Å². The van der Waals surface area contributed by atoms with Crippen LogP contribution < -0.4 is 0 Å². The number of carbonyl (C=O) groups is 3. The Labute approximate surface area is 149 Å². The van der Waals surface area contributed by atoms with Gasteiger partial charge >= 0.3 is 5.97 Å². The first-order valence-electron chi connectivity index (χ1n) is 9.44. The molecule has 0 bridgehead atoms. The number of hydroxylamine groups is 2. The Bertz CT molecular complexity index is 439. The topological polar surface area (TPSA) is 93.1 Å². The lowest BCUT2D eigenvalue weighted by Crippen LogP contribution is -2.35. The lowest BCUT2D eigenvalue weighted by molar-refractivity contribution is -0.409. The molecule has 2 amide bonds. The van der Waals surface area contributed by atoms with E-state index in [9.17, 15) is 14.4 Å². The molecule has 1 aliphatic heterocycles. The number of carboxylic acids is 1. The van der Waals surface area contributed by atoms with Gasteiger partial charge in [0.1, 0.15) is 0 Å². The average molecular weight is 357 g/mol. The molecule has 1 fully saturated rings. The molecule has 0 aromatic heterocycles. The fourth-order valence-electron chi connectivity index (χ4n) is 2.84. The molecular weight excluding hydrogens is 326 g/mol. The van der Waals surface area contributed by atoms with Crippen molar-refractivity contribution in [2.45, 2.75) is 90.6 Å². The maximum Gasteiger partial charge on any atom is 0.336 e. The third-order valence-corrected chi connectivity index (χ3v) is 4.43. The number of carbonyl (C=O) groups excluding carboxylic acids is 2. The molecule has 2 atom stereocenters. The number of hydrogen-bond donors (Lipinski definition) is 1. The van der Waals surface area contributed by atoms with Crippen molar-refractivity contribution in [3.05, 3.63) is 0 Å². The lowest BCUT2D eigenvalue weighted by Gasteiger charge is -2.16. The fourth-order valence-corrected chi connectivity index (χ4v) is 2.84. The van der Waals surface area contributed by atoms with E-state index < -0.39 is 23.9 Å². The Balaban J connectivity index is 2.37. The number of unbranched alkanes of at least 4 members (excludes halogenated alkanes) is 6. The zero-order valence-corrected chi connectivity index (χ0v) is 15.4. The average Bonchev–Trinajstić information content (AvgIpc) is 2.84. The molecule has 0 spiro atoms. The van der Waals surface area contributed by atoms with Gasteiger partial charge in [-0.05, 0) is 12.8 Å². The summed E-state index contributed by atoms with van der Waals surface area (Å²) in [5.74, 6) is -2.46. The van der Waals surface area contributed by atoms with Crippen molar-refractivity contribution in [1.82, 2.24) is 5.06 Å². The summed E-state index contributed by atoms with van der Waals surface area (Å²) in [4.78, 5) is 44.9. The van der Waals surface area contributed by atoms with Crippen LogP contribution in [0.2, 0.25) is 0 Å². The molecule has 0 aromatic carbocycles. The molecule has 1 heterocycles. The molecule has 1 aliphatic rings. The molecule has 25 heavy (non-hydrogen) atoms. The van der Waals surface area contributed by atoms with E-state index >= 15 is 0 Å². The van der Waals surface area contributed by atoms with Crippen LogP contribution in [-0.2, 0) is 24.3 Å². The summed E-state index contributed by atoms with van der Waals surface area (Å²) >= 11 is 0. The van der Waals surface area contributed by atoms with Crippen molar-refractivity contribution < 1.29 is 29.4 Å². The summed E-state index contributed by atoms with van der Waals surface area (Å²) in [6.45, 7) is 4.09. The standard InChI is InChI=1S/C18H31NO6/c1-3-5-7-8-9-10-11-14-13-16(20)19(17(14)21)25-24-15(18(22)23)12-6-4-2/h14-15H,3-13H2,1-2H3,(H,22,23). The molecule has 7 nitrogen and oxygen atoms in total. The van der Waals surface area contributed by atoms with Crippen LogP contribution in [0.1, 0.15) is 84.5 Å². The Morgan fingerprint density at radius 2 is 1.76 bits per heavy atom. The molecule has 0 aromatic rings. The number of rotatable bonds is 14. The minimum Gasteiger partial charge on any atom is -0.479 e. The van der Waals surface area contributed by atoms with Gasteiger partial charge in [0, 0.05) is 12.3 Å². The van der Waals surface area contributed by atoms with Crippen LogP contribution >= 0.6 is 0 Å². The summed E-state index contributed by atoms with van der Waals surface area (Å²) in [5.41, 5.74) is 0. The normalized spacial score (nSPS) is 18.8. The largest absolute Gasteiger partial charge is 0.479 e. The number of aliphatic carboxylic acids is 1. The van der Waals surface area contributed by atoms with Gasteiger partial charge in [0.25, 0.3) is 11.8 Å². The number of nitrogens with zero attached hydrogens (tertiary/aromatic N) is 1. The number of imide groups is 1. The van der Waals surface area contributed by atoms with Crippen LogP contribution in [0.15, 0.2) is 0 Å². The Kier molecular flexibility index (Phi) is 10.3. The molecule has 0 saturated carbocycles. The van der Waals surface area contributed by atoms with E-state index in [1.54, 1.807) is 0 Å². The molecule has 2 unspecified atom stereocenters. The van der Waals surface area contributed by atoms with Crippen molar-refractivity contribution in [2.24, 2.45) is 5.92 Å². The number of amides is 2. The molecule has 1 saturated heterocycles. The summed E-state index contributed by atoms with van der Waals surface area (Å²) in [6, 6.07) is 0. The van der Waals surface area contributed by atoms with Gasteiger partial charge in [-0.1, -0.05) is 65.2 Å². The minimum absolute atomic E-state index is 0.101. The predicted molar refractivity (Wildman–Crippen MR) is 91.1 cm³/mol. The molecule has 7 heteroatoms. The third kappa shape index (κ3) is 7.52. The second kappa shape index (κ2) is 12.0. The number of hydrogen-bond acceptors (Lipinski definition) is 5. The minimum atomic E-state index is -1.18. The highest BCUT2D eigenvalue weighted by Gasteiger charge is 2.40. The van der Waals surface area contributed by atoms with Crippen molar-refractivity contribution in [3.63, 3.8) is 0 Å². The summed E-state index contributed by atoms with van der Waals surface area (Å²) in [6.07, 6.45) is 8.01. The highest BCUT2D eigenvalue weighted by molar-refractivity contribution is 6.02. The second-order valence-electron chi connectivity index (χ2n) is 6.62. The van der Waals surface area contributed by atoms with Crippen molar-refractivity contribution >= 4 is 17.8 Å². The van der Waals surface area contributed by atoms with Gasteiger partial charge in [0.15, 0.2) is 6.10 Å². The van der Waals surface area contributed by atoms with E-state index in [1.807, 2.05) is 6.92 Å². The van der Waals surface area contributed by atoms with E-state index in [2.05, 4.69) is 6.92 Å². The van der Waals surface area contributed by atoms with Crippen molar-refractivity contribution in [2.75, 3.05) is 0 Å². The molecule has 1 N–H and O–H groups in total. The quantitative estimate of drug-likeness (QED) is 0.221. The first-order valence-corrected chi connectivity index (χ1v) is 9.44.